The highest BCUT2D eigenvalue weighted by Gasteiger charge is 2.22. The SMILES string of the molecule is BrC(c1cccc2ccccc12)C1CCCCCC1. The van der Waals surface area contributed by atoms with Gasteiger partial charge in [-0.25, -0.2) is 0 Å². The van der Waals surface area contributed by atoms with Crippen LogP contribution in [-0.4, -0.2) is 0 Å². The first-order chi connectivity index (χ1) is 9.36. The number of alkyl halides is 1. The number of rotatable bonds is 2. The Kier molecular flexibility index (Phi) is 4.22. The van der Waals surface area contributed by atoms with Crippen LogP contribution in [0.5, 0.6) is 0 Å². The number of hydrogen-bond donors (Lipinski definition) is 0. The van der Waals surface area contributed by atoms with E-state index < -0.39 is 0 Å². The molecule has 2 aromatic carbocycles. The Bertz CT molecular complexity index is 533. The Morgan fingerprint density at radius 3 is 2.32 bits per heavy atom. The van der Waals surface area contributed by atoms with Crippen molar-refractivity contribution in [1.82, 2.24) is 0 Å². The Morgan fingerprint density at radius 1 is 0.842 bits per heavy atom. The molecule has 1 heteroatoms. The smallest absolute Gasteiger partial charge is 0.0429 e. The average molecular weight is 317 g/mol. The van der Waals surface area contributed by atoms with Crippen LogP contribution in [0, 0.1) is 5.92 Å². The van der Waals surface area contributed by atoms with Gasteiger partial charge in [0.25, 0.3) is 0 Å². The third-order valence-corrected chi connectivity index (χ3v) is 5.68. The second-order valence-corrected chi connectivity index (χ2v) is 6.71. The van der Waals surface area contributed by atoms with E-state index in [2.05, 4.69) is 58.4 Å². The van der Waals surface area contributed by atoms with Crippen LogP contribution in [0.15, 0.2) is 42.5 Å². The van der Waals surface area contributed by atoms with E-state index in [1.807, 2.05) is 0 Å². The molecule has 19 heavy (non-hydrogen) atoms. The van der Waals surface area contributed by atoms with E-state index in [4.69, 9.17) is 0 Å². The number of hydrogen-bond acceptors (Lipinski definition) is 0. The van der Waals surface area contributed by atoms with Gasteiger partial charge in [0.15, 0.2) is 0 Å². The Hall–Kier alpha value is -0.820. The lowest BCUT2D eigenvalue weighted by Gasteiger charge is -2.22. The van der Waals surface area contributed by atoms with Crippen molar-refractivity contribution in [2.45, 2.75) is 43.4 Å². The van der Waals surface area contributed by atoms with Crippen LogP contribution in [0.1, 0.15) is 48.9 Å². The van der Waals surface area contributed by atoms with E-state index in [0.717, 1.165) is 5.92 Å². The van der Waals surface area contributed by atoms with E-state index in [-0.39, 0.29) is 0 Å². The molecule has 1 atom stereocenters. The molecule has 0 radical (unpaired) electrons. The number of halogens is 1. The summed E-state index contributed by atoms with van der Waals surface area (Å²) in [5.41, 5.74) is 1.48. The van der Waals surface area contributed by atoms with E-state index in [9.17, 15) is 0 Å². The summed E-state index contributed by atoms with van der Waals surface area (Å²) in [4.78, 5) is 0.511. The summed E-state index contributed by atoms with van der Waals surface area (Å²) < 4.78 is 0. The average Bonchev–Trinajstić information content (AvgIpc) is 2.75. The zero-order valence-electron chi connectivity index (χ0n) is 11.3. The molecular weight excluding hydrogens is 296 g/mol. The maximum absolute atomic E-state index is 4.00. The van der Waals surface area contributed by atoms with Crippen LogP contribution in [0.4, 0.5) is 0 Å². The lowest BCUT2D eigenvalue weighted by molar-refractivity contribution is 0.456. The van der Waals surface area contributed by atoms with Crippen molar-refractivity contribution in [2.75, 3.05) is 0 Å². The second-order valence-electron chi connectivity index (χ2n) is 5.72. The molecule has 1 aliphatic carbocycles. The summed E-state index contributed by atoms with van der Waals surface area (Å²) in [6.07, 6.45) is 8.39. The Morgan fingerprint density at radius 2 is 1.53 bits per heavy atom. The summed E-state index contributed by atoms with van der Waals surface area (Å²) in [6.45, 7) is 0. The lowest BCUT2D eigenvalue weighted by Crippen LogP contribution is -2.07. The summed E-state index contributed by atoms with van der Waals surface area (Å²) in [5.74, 6) is 0.799. The van der Waals surface area contributed by atoms with Crippen molar-refractivity contribution >= 4 is 26.7 Å². The Balaban J connectivity index is 1.94. The highest BCUT2D eigenvalue weighted by Crippen LogP contribution is 2.41. The van der Waals surface area contributed by atoms with Crippen molar-refractivity contribution in [3.63, 3.8) is 0 Å². The molecule has 1 saturated carbocycles. The number of fused-ring (bicyclic) bond motifs is 1. The molecule has 0 N–H and O–H groups in total. The molecule has 100 valence electrons. The summed E-state index contributed by atoms with van der Waals surface area (Å²) in [5, 5.41) is 2.77. The van der Waals surface area contributed by atoms with Crippen LogP contribution in [0.2, 0.25) is 0 Å². The number of benzene rings is 2. The van der Waals surface area contributed by atoms with Crippen LogP contribution >= 0.6 is 15.9 Å². The Labute approximate surface area is 124 Å². The van der Waals surface area contributed by atoms with Crippen molar-refractivity contribution in [3.05, 3.63) is 48.0 Å². The van der Waals surface area contributed by atoms with Crippen molar-refractivity contribution in [2.24, 2.45) is 5.92 Å². The largest absolute Gasteiger partial charge is 0.0836 e. The van der Waals surface area contributed by atoms with Gasteiger partial charge in [0.2, 0.25) is 0 Å². The molecule has 0 amide bonds. The highest BCUT2D eigenvalue weighted by molar-refractivity contribution is 9.09. The minimum absolute atomic E-state index is 0.511. The third kappa shape index (κ3) is 2.86. The van der Waals surface area contributed by atoms with Gasteiger partial charge < -0.3 is 0 Å². The molecule has 1 aliphatic rings. The first-order valence-corrected chi connectivity index (χ1v) is 8.39. The van der Waals surface area contributed by atoms with Crippen LogP contribution in [0.3, 0.4) is 0 Å². The molecule has 1 unspecified atom stereocenters. The minimum Gasteiger partial charge on any atom is -0.0836 e. The molecule has 0 spiro atoms. The molecule has 0 aromatic heterocycles. The molecule has 0 aliphatic heterocycles. The quantitative estimate of drug-likeness (QED) is 0.454. The van der Waals surface area contributed by atoms with E-state index >= 15 is 0 Å². The van der Waals surface area contributed by atoms with Crippen molar-refractivity contribution in [1.29, 1.82) is 0 Å². The van der Waals surface area contributed by atoms with E-state index in [1.165, 1.54) is 54.9 Å². The monoisotopic (exact) mass is 316 g/mol. The molecule has 0 bridgehead atoms. The predicted octanol–water partition coefficient (Wildman–Crippen LogP) is 6.25. The summed E-state index contributed by atoms with van der Waals surface area (Å²) in [7, 11) is 0. The van der Waals surface area contributed by atoms with Crippen LogP contribution < -0.4 is 0 Å². The van der Waals surface area contributed by atoms with Gasteiger partial charge in [-0.2, -0.15) is 0 Å². The maximum atomic E-state index is 4.00. The van der Waals surface area contributed by atoms with Gasteiger partial charge in [-0.15, -0.1) is 0 Å². The van der Waals surface area contributed by atoms with Gasteiger partial charge in [0.1, 0.15) is 0 Å². The second kappa shape index (κ2) is 6.09. The first-order valence-electron chi connectivity index (χ1n) is 7.48. The summed E-state index contributed by atoms with van der Waals surface area (Å²) >= 11 is 4.00. The fourth-order valence-electron chi connectivity index (χ4n) is 3.35. The lowest BCUT2D eigenvalue weighted by atomic mass is 9.90. The van der Waals surface area contributed by atoms with Crippen molar-refractivity contribution < 1.29 is 0 Å². The van der Waals surface area contributed by atoms with Gasteiger partial charge in [0.05, 0.1) is 0 Å². The van der Waals surface area contributed by atoms with Gasteiger partial charge >= 0.3 is 0 Å². The molecule has 0 nitrogen and oxygen atoms in total. The fraction of sp³-hybridized carbons (Fsp3) is 0.444. The minimum atomic E-state index is 0.511. The topological polar surface area (TPSA) is 0 Å². The van der Waals surface area contributed by atoms with Crippen LogP contribution in [-0.2, 0) is 0 Å². The van der Waals surface area contributed by atoms with Crippen molar-refractivity contribution in [3.8, 4) is 0 Å². The fourth-order valence-corrected chi connectivity index (χ4v) is 4.28. The maximum Gasteiger partial charge on any atom is 0.0429 e. The molecule has 3 rings (SSSR count). The third-order valence-electron chi connectivity index (χ3n) is 4.43. The first kappa shape index (κ1) is 13.2. The highest BCUT2D eigenvalue weighted by atomic mass is 79.9. The predicted molar refractivity (Wildman–Crippen MR) is 86.8 cm³/mol. The summed E-state index contributed by atoms with van der Waals surface area (Å²) in [6, 6.07) is 15.5. The molecule has 1 fully saturated rings. The van der Waals surface area contributed by atoms with Gasteiger partial charge in [0, 0.05) is 4.83 Å². The zero-order chi connectivity index (χ0) is 13.1. The normalized spacial score (nSPS) is 19.2. The molecular formula is C18H21Br. The molecule has 2 aromatic rings. The van der Waals surface area contributed by atoms with Gasteiger partial charge in [-0.1, -0.05) is 84.1 Å². The van der Waals surface area contributed by atoms with Gasteiger partial charge in [-0.3, -0.25) is 0 Å². The molecule has 0 saturated heterocycles. The standard InChI is InChI=1S/C18H21Br/c19-18(15-9-3-1-2-4-10-15)17-13-7-11-14-8-5-6-12-16(14)17/h5-8,11-13,15,18H,1-4,9-10H2. The van der Waals surface area contributed by atoms with Gasteiger partial charge in [-0.05, 0) is 35.1 Å². The molecule has 0 heterocycles. The van der Waals surface area contributed by atoms with Crippen LogP contribution in [0.25, 0.3) is 10.8 Å². The zero-order valence-corrected chi connectivity index (χ0v) is 12.9. The van der Waals surface area contributed by atoms with E-state index in [0.29, 0.717) is 4.83 Å². The van der Waals surface area contributed by atoms with E-state index in [1.54, 1.807) is 0 Å².